The third kappa shape index (κ3) is 9.01. The lowest BCUT2D eigenvalue weighted by Gasteiger charge is -2.31. The Labute approximate surface area is 171 Å². The quantitative estimate of drug-likeness (QED) is 0.234. The second-order valence-electron chi connectivity index (χ2n) is 6.85. The minimum absolute atomic E-state index is 0. The number of nitrogens with one attached hydrogen (secondary N) is 1. The number of rotatable bonds is 13. The predicted octanol–water partition coefficient (Wildman–Crippen LogP) is -1.30. The second kappa shape index (κ2) is 12.1. The van der Waals surface area contributed by atoms with Gasteiger partial charge in [0.25, 0.3) is 0 Å². The molecule has 0 heterocycles. The summed E-state index contributed by atoms with van der Waals surface area (Å²) in [5.74, 6) is 0. The Morgan fingerprint density at radius 1 is 0.963 bits per heavy atom. The smallest absolute Gasteiger partial charge is 0.500 e. The number of hydrogen-bond donors (Lipinski definition) is 1. The van der Waals surface area contributed by atoms with Gasteiger partial charge in [-0.15, -0.1) is 0 Å². The minimum Gasteiger partial charge on any atom is -1.00 e. The Hall–Kier alpha value is -0.523. The summed E-state index contributed by atoms with van der Waals surface area (Å²) >= 11 is 0. The van der Waals surface area contributed by atoms with Crippen molar-refractivity contribution in [3.05, 3.63) is 30.3 Å². The summed E-state index contributed by atoms with van der Waals surface area (Å²) in [7, 11) is 3.20. The highest BCUT2D eigenvalue weighted by Gasteiger charge is 2.37. The van der Waals surface area contributed by atoms with Gasteiger partial charge in [-0.3, -0.25) is 0 Å². The van der Waals surface area contributed by atoms with Crippen LogP contribution in [0.5, 0.6) is 0 Å². The van der Waals surface area contributed by atoms with Gasteiger partial charge in [0.05, 0.1) is 32.1 Å². The van der Waals surface area contributed by atoms with E-state index in [1.54, 1.807) is 51.7 Å². The van der Waals surface area contributed by atoms with Gasteiger partial charge < -0.3 is 30.2 Å². The van der Waals surface area contributed by atoms with Crippen molar-refractivity contribution in [1.82, 2.24) is 4.72 Å². The average Bonchev–Trinajstić information content (AvgIpc) is 2.63. The third-order valence-electron chi connectivity index (χ3n) is 4.47. The highest BCUT2D eigenvalue weighted by atomic mass is 35.5. The Bertz CT molecular complexity index is 619. The molecule has 0 amide bonds. The van der Waals surface area contributed by atoms with E-state index in [-0.39, 0.29) is 12.4 Å². The molecule has 0 fully saturated rings. The Morgan fingerprint density at radius 2 is 1.48 bits per heavy atom. The first-order valence-electron chi connectivity index (χ1n) is 8.72. The van der Waals surface area contributed by atoms with Gasteiger partial charge in [-0.05, 0) is 12.1 Å². The van der Waals surface area contributed by atoms with Gasteiger partial charge in [-0.2, -0.15) is 0 Å². The summed E-state index contributed by atoms with van der Waals surface area (Å²) in [6.45, 7) is 2.24. The van der Waals surface area contributed by atoms with Crippen LogP contribution in [0, 0.1) is 0 Å². The largest absolute Gasteiger partial charge is 1.00 e. The number of sulfonamides is 1. The van der Waals surface area contributed by atoms with Gasteiger partial charge in [0.2, 0.25) is 10.0 Å². The van der Waals surface area contributed by atoms with Crippen molar-refractivity contribution in [3.8, 4) is 0 Å². The fourth-order valence-electron chi connectivity index (χ4n) is 2.79. The Kier molecular flexibility index (Phi) is 11.9. The zero-order valence-electron chi connectivity index (χ0n) is 16.9. The van der Waals surface area contributed by atoms with E-state index in [9.17, 15) is 8.42 Å². The molecule has 1 aromatic rings. The van der Waals surface area contributed by atoms with Gasteiger partial charge >= 0.3 is 8.80 Å². The summed E-state index contributed by atoms with van der Waals surface area (Å²) in [5.41, 5.74) is 0. The van der Waals surface area contributed by atoms with E-state index < -0.39 is 18.8 Å². The first-order valence-corrected chi connectivity index (χ1v) is 12.1. The van der Waals surface area contributed by atoms with Crippen LogP contribution in [-0.4, -0.2) is 76.8 Å². The first-order chi connectivity index (χ1) is 12.2. The maximum Gasteiger partial charge on any atom is 0.500 e. The summed E-state index contributed by atoms with van der Waals surface area (Å²) in [6, 6.07) is 9.20. The molecule has 1 N–H and O–H groups in total. The molecule has 0 unspecified atom stereocenters. The molecule has 1 aromatic carbocycles. The van der Waals surface area contributed by atoms with Crippen LogP contribution in [0.4, 0.5) is 0 Å². The molecule has 0 saturated heterocycles. The van der Waals surface area contributed by atoms with E-state index in [1.165, 1.54) is 0 Å². The number of quaternary nitrogens is 1. The fraction of sp³-hybridized carbons (Fsp3) is 0.647. The standard InChI is InChI=1S/C17H33N2O5SSi.ClH/c1-19(2,15-10-16-26(22-3,23-4)24-5)14-9-13-18-25(20,21)17-11-7-6-8-12-17;/h6-8,11-12,18H,9-10,13-16H2,1-5H3;1H/q+1;/p-1. The monoisotopic (exact) mass is 440 g/mol. The molecule has 0 atom stereocenters. The topological polar surface area (TPSA) is 73.9 Å². The van der Waals surface area contributed by atoms with E-state index >= 15 is 0 Å². The van der Waals surface area contributed by atoms with Crippen molar-refractivity contribution < 1.29 is 38.6 Å². The molecule has 0 bridgehead atoms. The van der Waals surface area contributed by atoms with Crippen LogP contribution in [0.1, 0.15) is 12.8 Å². The normalized spacial score (nSPS) is 12.6. The molecule has 0 aromatic heterocycles. The van der Waals surface area contributed by atoms with Crippen molar-refractivity contribution in [2.45, 2.75) is 23.8 Å². The maximum absolute atomic E-state index is 12.2. The van der Waals surface area contributed by atoms with Crippen LogP contribution in [0.3, 0.4) is 0 Å². The SMILES string of the molecule is CO[Si](CCC[N+](C)(C)CCCNS(=O)(=O)c1ccccc1)(OC)OC.[Cl-]. The number of halogens is 1. The zero-order valence-corrected chi connectivity index (χ0v) is 19.5. The van der Waals surface area contributed by atoms with Gasteiger partial charge in [-0.1, -0.05) is 18.2 Å². The number of benzene rings is 1. The average molecular weight is 441 g/mol. The molecule has 1 rings (SSSR count). The van der Waals surface area contributed by atoms with Crippen LogP contribution in [0.25, 0.3) is 0 Å². The van der Waals surface area contributed by atoms with Crippen LogP contribution < -0.4 is 17.1 Å². The molecular weight excluding hydrogens is 408 g/mol. The molecule has 158 valence electrons. The molecule has 0 spiro atoms. The summed E-state index contributed by atoms with van der Waals surface area (Å²) in [6.07, 6.45) is 1.69. The van der Waals surface area contributed by atoms with E-state index in [0.717, 1.165) is 36.5 Å². The summed E-state index contributed by atoms with van der Waals surface area (Å²) < 4.78 is 44.2. The van der Waals surface area contributed by atoms with E-state index in [2.05, 4.69) is 18.8 Å². The van der Waals surface area contributed by atoms with Crippen LogP contribution in [0.2, 0.25) is 6.04 Å². The Morgan fingerprint density at radius 3 is 2.00 bits per heavy atom. The predicted molar refractivity (Wildman–Crippen MR) is 104 cm³/mol. The van der Waals surface area contributed by atoms with Gasteiger partial charge in [0.1, 0.15) is 0 Å². The minimum atomic E-state index is -3.43. The number of nitrogens with zero attached hydrogens (tertiary/aromatic N) is 1. The van der Waals surface area contributed by atoms with Crippen LogP contribution in [0.15, 0.2) is 35.2 Å². The molecule has 10 heteroatoms. The maximum atomic E-state index is 12.2. The van der Waals surface area contributed by atoms with Crippen LogP contribution in [-0.2, 0) is 23.3 Å². The van der Waals surface area contributed by atoms with Gasteiger partial charge in [-0.25, -0.2) is 13.1 Å². The molecular formula is C17H33ClN2O5SSi. The molecule has 7 nitrogen and oxygen atoms in total. The van der Waals surface area contributed by atoms with Crippen molar-refractivity contribution in [1.29, 1.82) is 0 Å². The number of hydrogen-bond acceptors (Lipinski definition) is 5. The van der Waals surface area contributed by atoms with Crippen molar-refractivity contribution in [3.63, 3.8) is 0 Å². The van der Waals surface area contributed by atoms with Gasteiger partial charge in [0.15, 0.2) is 0 Å². The second-order valence-corrected chi connectivity index (χ2v) is 11.7. The fourth-order valence-corrected chi connectivity index (χ4v) is 5.59. The lowest BCUT2D eigenvalue weighted by atomic mass is 10.3. The van der Waals surface area contributed by atoms with E-state index in [1.807, 2.05) is 0 Å². The van der Waals surface area contributed by atoms with Crippen molar-refractivity contribution in [2.24, 2.45) is 0 Å². The Balaban J connectivity index is 0.00000676. The van der Waals surface area contributed by atoms with Gasteiger partial charge in [0, 0.05) is 46.8 Å². The molecule has 0 radical (unpaired) electrons. The van der Waals surface area contributed by atoms with Crippen LogP contribution >= 0.6 is 0 Å². The lowest BCUT2D eigenvalue weighted by molar-refractivity contribution is -0.890. The summed E-state index contributed by atoms with van der Waals surface area (Å²) in [5, 5.41) is 0. The highest BCUT2D eigenvalue weighted by molar-refractivity contribution is 7.89. The first kappa shape index (κ1) is 26.5. The zero-order chi connectivity index (χ0) is 19.7. The molecule has 0 aliphatic heterocycles. The van der Waals surface area contributed by atoms with Crippen molar-refractivity contribution in [2.75, 3.05) is 55.1 Å². The molecule has 0 aliphatic carbocycles. The highest BCUT2D eigenvalue weighted by Crippen LogP contribution is 2.16. The molecule has 0 aliphatic rings. The molecule has 0 saturated carbocycles. The third-order valence-corrected chi connectivity index (χ3v) is 8.77. The van der Waals surface area contributed by atoms with E-state index in [4.69, 9.17) is 13.3 Å². The molecule has 27 heavy (non-hydrogen) atoms. The van der Waals surface area contributed by atoms with Crippen molar-refractivity contribution >= 4 is 18.8 Å². The summed E-state index contributed by atoms with van der Waals surface area (Å²) in [4.78, 5) is 0.300. The lowest BCUT2D eigenvalue weighted by Crippen LogP contribution is -3.00. The van der Waals surface area contributed by atoms with E-state index in [0.29, 0.717) is 11.4 Å².